The lowest BCUT2D eigenvalue weighted by Gasteiger charge is -2.28. The first-order valence-corrected chi connectivity index (χ1v) is 6.89. The number of hydrogen-bond donors (Lipinski definition) is 2. The van der Waals surface area contributed by atoms with Crippen LogP contribution in [-0.4, -0.2) is 42.1 Å². The number of aromatic amines is 1. The summed E-state index contributed by atoms with van der Waals surface area (Å²) in [7, 11) is 2.09. The Bertz CT molecular complexity index is 627. The van der Waals surface area contributed by atoms with Crippen LogP contribution in [-0.2, 0) is 4.74 Å². The van der Waals surface area contributed by atoms with Crippen molar-refractivity contribution >= 4 is 22.6 Å². The van der Waals surface area contributed by atoms with Crippen LogP contribution in [0.5, 0.6) is 0 Å². The van der Waals surface area contributed by atoms with Crippen molar-refractivity contribution in [2.45, 2.75) is 18.9 Å². The van der Waals surface area contributed by atoms with Crippen molar-refractivity contribution in [3.05, 3.63) is 30.0 Å². The van der Waals surface area contributed by atoms with Gasteiger partial charge in [0.1, 0.15) is 6.10 Å². The number of esters is 1. The molecule has 0 spiro atoms. The first kappa shape index (κ1) is 13.0. The van der Waals surface area contributed by atoms with Gasteiger partial charge in [-0.15, -0.1) is 0 Å². The number of nitrogen functional groups attached to an aromatic ring is 1. The highest BCUT2D eigenvalue weighted by Crippen LogP contribution is 2.23. The first-order valence-electron chi connectivity index (χ1n) is 6.89. The van der Waals surface area contributed by atoms with Crippen LogP contribution in [0.2, 0.25) is 0 Å². The van der Waals surface area contributed by atoms with Crippen molar-refractivity contribution in [3.63, 3.8) is 0 Å². The Morgan fingerprint density at radius 2 is 2.15 bits per heavy atom. The van der Waals surface area contributed by atoms with Crippen molar-refractivity contribution in [3.8, 4) is 0 Å². The van der Waals surface area contributed by atoms with Gasteiger partial charge >= 0.3 is 5.97 Å². The minimum Gasteiger partial charge on any atom is -0.459 e. The number of anilines is 1. The van der Waals surface area contributed by atoms with Gasteiger partial charge in [-0.05, 0) is 38.1 Å². The van der Waals surface area contributed by atoms with Crippen LogP contribution < -0.4 is 5.73 Å². The molecule has 5 nitrogen and oxygen atoms in total. The summed E-state index contributed by atoms with van der Waals surface area (Å²) in [6, 6.07) is 5.47. The maximum absolute atomic E-state index is 12.3. The molecule has 1 fully saturated rings. The molecule has 1 aliphatic heterocycles. The monoisotopic (exact) mass is 273 g/mol. The van der Waals surface area contributed by atoms with Crippen molar-refractivity contribution in [1.82, 2.24) is 9.88 Å². The molecule has 1 aromatic heterocycles. The zero-order chi connectivity index (χ0) is 14.1. The normalized spacial score (nSPS) is 17.4. The number of hydrogen-bond acceptors (Lipinski definition) is 4. The van der Waals surface area contributed by atoms with Crippen molar-refractivity contribution in [1.29, 1.82) is 0 Å². The lowest BCUT2D eigenvalue weighted by Crippen LogP contribution is -2.35. The van der Waals surface area contributed by atoms with Crippen LogP contribution in [0.25, 0.3) is 10.9 Å². The average Bonchev–Trinajstić information content (AvgIpc) is 2.84. The molecular formula is C15H19N3O2. The second-order valence-electron chi connectivity index (χ2n) is 5.42. The number of aromatic nitrogens is 1. The number of fused-ring (bicyclic) bond motifs is 1. The molecule has 3 rings (SSSR count). The Labute approximate surface area is 117 Å². The molecule has 0 radical (unpaired) electrons. The molecule has 0 unspecified atom stereocenters. The van der Waals surface area contributed by atoms with E-state index in [9.17, 15) is 4.79 Å². The van der Waals surface area contributed by atoms with Crippen LogP contribution in [0, 0.1) is 0 Å². The number of likely N-dealkylation sites (tertiary alicyclic amines) is 1. The summed E-state index contributed by atoms with van der Waals surface area (Å²) in [6.45, 7) is 1.95. The third-order valence-corrected chi connectivity index (χ3v) is 3.87. The Morgan fingerprint density at radius 1 is 1.40 bits per heavy atom. The lowest BCUT2D eigenvalue weighted by molar-refractivity contribution is 0.0141. The third-order valence-electron chi connectivity index (χ3n) is 3.87. The van der Waals surface area contributed by atoms with Gasteiger partial charge in [-0.3, -0.25) is 0 Å². The molecule has 0 bridgehead atoms. The number of ether oxygens (including phenoxy) is 1. The lowest BCUT2D eigenvalue weighted by atomic mass is 10.1. The van der Waals surface area contributed by atoms with Gasteiger partial charge in [0, 0.05) is 35.9 Å². The number of benzene rings is 1. The molecule has 0 amide bonds. The summed E-state index contributed by atoms with van der Waals surface area (Å²) < 4.78 is 5.61. The summed E-state index contributed by atoms with van der Waals surface area (Å²) in [4.78, 5) is 17.6. The van der Waals surface area contributed by atoms with Crippen molar-refractivity contribution in [2.75, 3.05) is 25.9 Å². The largest absolute Gasteiger partial charge is 0.459 e. The van der Waals surface area contributed by atoms with Gasteiger partial charge < -0.3 is 20.4 Å². The number of nitrogens with zero attached hydrogens (tertiary/aromatic N) is 1. The quantitative estimate of drug-likeness (QED) is 0.648. The van der Waals surface area contributed by atoms with Crippen molar-refractivity contribution < 1.29 is 9.53 Å². The van der Waals surface area contributed by atoms with E-state index in [1.54, 1.807) is 12.3 Å². The molecule has 1 aromatic carbocycles. The maximum Gasteiger partial charge on any atom is 0.340 e. The second kappa shape index (κ2) is 5.17. The number of H-pyrrole nitrogens is 1. The molecule has 0 aliphatic carbocycles. The Morgan fingerprint density at radius 3 is 2.90 bits per heavy atom. The molecule has 0 atom stereocenters. The predicted molar refractivity (Wildman–Crippen MR) is 78.6 cm³/mol. The van der Waals surface area contributed by atoms with E-state index < -0.39 is 0 Å². The van der Waals surface area contributed by atoms with Gasteiger partial charge in [0.05, 0.1) is 5.56 Å². The highest BCUT2D eigenvalue weighted by atomic mass is 16.5. The Hall–Kier alpha value is -2.01. The molecular weight excluding hydrogens is 254 g/mol. The Kier molecular flexibility index (Phi) is 3.36. The molecule has 5 heteroatoms. The van der Waals surface area contributed by atoms with Gasteiger partial charge in [0.15, 0.2) is 0 Å². The summed E-state index contributed by atoms with van der Waals surface area (Å²) in [6.07, 6.45) is 3.52. The van der Waals surface area contributed by atoms with Crippen molar-refractivity contribution in [2.24, 2.45) is 0 Å². The summed E-state index contributed by atoms with van der Waals surface area (Å²) in [5.41, 5.74) is 7.85. The SMILES string of the molecule is CN1CCC(OC(=O)c2c[nH]c3cc(N)ccc23)CC1. The molecule has 1 aliphatic rings. The fraction of sp³-hybridized carbons (Fsp3) is 0.400. The van der Waals surface area contributed by atoms with Crippen LogP contribution in [0.3, 0.4) is 0 Å². The van der Waals surface area contributed by atoms with E-state index in [-0.39, 0.29) is 12.1 Å². The number of piperidine rings is 1. The van der Waals surface area contributed by atoms with E-state index >= 15 is 0 Å². The number of rotatable bonds is 2. The molecule has 106 valence electrons. The molecule has 2 heterocycles. The molecule has 20 heavy (non-hydrogen) atoms. The zero-order valence-electron chi connectivity index (χ0n) is 11.6. The van der Waals surface area contributed by atoms with Crippen LogP contribution in [0.4, 0.5) is 5.69 Å². The third kappa shape index (κ3) is 2.49. The summed E-state index contributed by atoms with van der Waals surface area (Å²) in [5.74, 6) is -0.254. The van der Waals surface area contributed by atoms with Crippen LogP contribution >= 0.6 is 0 Å². The van der Waals surface area contributed by atoms with Crippen LogP contribution in [0.15, 0.2) is 24.4 Å². The highest BCUT2D eigenvalue weighted by Gasteiger charge is 2.22. The topological polar surface area (TPSA) is 71.3 Å². The summed E-state index contributed by atoms with van der Waals surface area (Å²) in [5, 5.41) is 0.858. The van der Waals surface area contributed by atoms with Gasteiger partial charge in [-0.2, -0.15) is 0 Å². The van der Waals surface area contributed by atoms with E-state index in [0.717, 1.165) is 36.8 Å². The number of nitrogens with two attached hydrogens (primary N) is 1. The molecule has 0 saturated carbocycles. The Balaban J connectivity index is 1.75. The van der Waals surface area contributed by atoms with Gasteiger partial charge in [-0.1, -0.05) is 0 Å². The number of carbonyl (C=O) groups is 1. The standard InChI is InChI=1S/C15H19N3O2/c1-18-6-4-11(5-7-18)20-15(19)13-9-17-14-8-10(16)2-3-12(13)14/h2-3,8-9,11,17H,4-7,16H2,1H3. The zero-order valence-corrected chi connectivity index (χ0v) is 11.6. The maximum atomic E-state index is 12.3. The van der Waals surface area contributed by atoms with Gasteiger partial charge in [0.25, 0.3) is 0 Å². The van der Waals surface area contributed by atoms with E-state index in [1.165, 1.54) is 0 Å². The van der Waals surface area contributed by atoms with Crippen LogP contribution in [0.1, 0.15) is 23.2 Å². The number of carbonyl (C=O) groups excluding carboxylic acids is 1. The smallest absolute Gasteiger partial charge is 0.340 e. The fourth-order valence-corrected chi connectivity index (χ4v) is 2.63. The predicted octanol–water partition coefficient (Wildman–Crippen LogP) is 2.00. The second-order valence-corrected chi connectivity index (χ2v) is 5.42. The van der Waals surface area contributed by atoms with E-state index in [0.29, 0.717) is 11.3 Å². The summed E-state index contributed by atoms with van der Waals surface area (Å²) >= 11 is 0. The molecule has 3 N–H and O–H groups in total. The van der Waals surface area contributed by atoms with E-state index in [2.05, 4.69) is 16.9 Å². The highest BCUT2D eigenvalue weighted by molar-refractivity contribution is 6.04. The van der Waals surface area contributed by atoms with Gasteiger partial charge in [0.2, 0.25) is 0 Å². The fourth-order valence-electron chi connectivity index (χ4n) is 2.63. The minimum atomic E-state index is -0.254. The van der Waals surface area contributed by atoms with Gasteiger partial charge in [-0.25, -0.2) is 4.79 Å². The molecule has 1 saturated heterocycles. The van der Waals surface area contributed by atoms with E-state index in [4.69, 9.17) is 10.5 Å². The first-order chi connectivity index (χ1) is 9.63. The average molecular weight is 273 g/mol. The number of nitrogens with one attached hydrogen (secondary N) is 1. The van der Waals surface area contributed by atoms with E-state index in [1.807, 2.05) is 12.1 Å². The molecule has 2 aromatic rings. The minimum absolute atomic E-state index is 0.0254.